The van der Waals surface area contributed by atoms with Crippen LogP contribution in [0.25, 0.3) is 0 Å². The molecule has 30 heavy (non-hydrogen) atoms. The molecule has 1 aliphatic heterocycles. The third kappa shape index (κ3) is 5.09. The highest BCUT2D eigenvalue weighted by Gasteiger charge is 2.39. The zero-order valence-corrected chi connectivity index (χ0v) is 18.6. The van der Waals surface area contributed by atoms with Crippen molar-refractivity contribution in [1.29, 1.82) is 0 Å². The van der Waals surface area contributed by atoms with Crippen LogP contribution in [0.1, 0.15) is 24.5 Å². The number of anilines is 1. The maximum atomic E-state index is 12.7. The number of amides is 2. The number of hydrogen-bond donors (Lipinski definition) is 1. The highest BCUT2D eigenvalue weighted by atomic mass is 32.2. The summed E-state index contributed by atoms with van der Waals surface area (Å²) in [7, 11) is -3.96. The average Bonchev–Trinajstić information content (AvgIpc) is 2.97. The number of benzene rings is 2. The van der Waals surface area contributed by atoms with Crippen LogP contribution in [0.2, 0.25) is 0 Å². The first-order chi connectivity index (χ1) is 14.2. The Hall–Kier alpha value is -2.65. The summed E-state index contributed by atoms with van der Waals surface area (Å²) in [6.45, 7) is 5.81. The summed E-state index contributed by atoms with van der Waals surface area (Å²) in [6.07, 6.45) is -0.0719. The Bertz CT molecular complexity index is 1080. The molecule has 1 fully saturated rings. The number of nitrogens with one attached hydrogen (secondary N) is 1. The van der Waals surface area contributed by atoms with E-state index in [0.717, 1.165) is 22.9 Å². The summed E-state index contributed by atoms with van der Waals surface area (Å²) in [5.74, 6) is -0.636. The molecule has 2 aromatic carbocycles. The van der Waals surface area contributed by atoms with Gasteiger partial charge in [0.05, 0.1) is 4.90 Å². The molecule has 1 saturated heterocycles. The minimum atomic E-state index is -3.96. The molecule has 0 aliphatic carbocycles. The summed E-state index contributed by atoms with van der Waals surface area (Å²) in [5.41, 5.74) is 2.65. The quantitative estimate of drug-likeness (QED) is 0.736. The molecule has 1 heterocycles. The van der Waals surface area contributed by atoms with Gasteiger partial charge in [-0.25, -0.2) is 0 Å². The molecule has 9 heteroatoms. The van der Waals surface area contributed by atoms with E-state index in [1.54, 1.807) is 31.2 Å². The summed E-state index contributed by atoms with van der Waals surface area (Å²) < 4.78 is 29.2. The molecule has 0 aromatic heterocycles. The van der Waals surface area contributed by atoms with E-state index in [0.29, 0.717) is 5.69 Å². The minimum Gasteiger partial charge on any atom is -0.326 e. The van der Waals surface area contributed by atoms with Crippen LogP contribution in [0.4, 0.5) is 5.69 Å². The number of carbonyl (C=O) groups is 2. The van der Waals surface area contributed by atoms with Gasteiger partial charge in [-0.15, -0.1) is 4.40 Å². The summed E-state index contributed by atoms with van der Waals surface area (Å²) in [6, 6.07) is 13.7. The number of sulfonamides is 1. The molecule has 1 atom stereocenters. The van der Waals surface area contributed by atoms with Gasteiger partial charge in [-0.3, -0.25) is 14.5 Å². The van der Waals surface area contributed by atoms with Crippen molar-refractivity contribution in [3.63, 3.8) is 0 Å². The summed E-state index contributed by atoms with van der Waals surface area (Å²) >= 11 is 1.00. The zero-order chi connectivity index (χ0) is 21.9. The van der Waals surface area contributed by atoms with Crippen molar-refractivity contribution in [3.8, 4) is 0 Å². The van der Waals surface area contributed by atoms with E-state index >= 15 is 0 Å². The Kier molecular flexibility index (Phi) is 6.62. The lowest BCUT2D eigenvalue weighted by Crippen LogP contribution is -2.33. The number of nitrogens with zero attached hydrogens (tertiary/aromatic N) is 2. The van der Waals surface area contributed by atoms with Gasteiger partial charge in [-0.2, -0.15) is 8.42 Å². The number of rotatable bonds is 6. The van der Waals surface area contributed by atoms with E-state index in [4.69, 9.17) is 0 Å². The van der Waals surface area contributed by atoms with Crippen LogP contribution in [0.15, 0.2) is 57.8 Å². The highest BCUT2D eigenvalue weighted by Crippen LogP contribution is 2.31. The van der Waals surface area contributed by atoms with E-state index in [-0.39, 0.29) is 34.8 Å². The van der Waals surface area contributed by atoms with Crippen molar-refractivity contribution in [2.24, 2.45) is 4.40 Å². The largest absolute Gasteiger partial charge is 0.326 e. The van der Waals surface area contributed by atoms with Gasteiger partial charge in [0.2, 0.25) is 11.8 Å². The van der Waals surface area contributed by atoms with Gasteiger partial charge in [-0.1, -0.05) is 47.2 Å². The Labute approximate surface area is 180 Å². The topological polar surface area (TPSA) is 95.9 Å². The maximum absolute atomic E-state index is 12.7. The number of hydrogen-bond acceptors (Lipinski definition) is 5. The lowest BCUT2D eigenvalue weighted by atomic mass is 10.2. The standard InChI is InChI=1S/C21H23N3O4S2/c1-4-24-20(26)18(13-19(25)22-16-9-5-14(2)6-10-16)29-21(24)23-30(27,28)17-11-7-15(3)8-12-17/h5-12,18H,4,13H2,1-3H3,(H,22,25)/t18-/m1/s1. The third-order valence-corrected chi connectivity index (χ3v) is 7.13. The predicted octanol–water partition coefficient (Wildman–Crippen LogP) is 3.34. The van der Waals surface area contributed by atoms with Gasteiger partial charge >= 0.3 is 0 Å². The lowest BCUT2D eigenvalue weighted by molar-refractivity contribution is -0.128. The van der Waals surface area contributed by atoms with Gasteiger partial charge in [0.15, 0.2) is 5.17 Å². The van der Waals surface area contributed by atoms with E-state index < -0.39 is 15.3 Å². The van der Waals surface area contributed by atoms with Crippen LogP contribution in [-0.2, 0) is 19.6 Å². The first kappa shape index (κ1) is 22.0. The van der Waals surface area contributed by atoms with Crippen LogP contribution >= 0.6 is 11.8 Å². The molecule has 0 unspecified atom stereocenters. The molecule has 1 N–H and O–H groups in total. The van der Waals surface area contributed by atoms with Gasteiger partial charge in [-0.05, 0) is 45.0 Å². The van der Waals surface area contributed by atoms with Crippen LogP contribution in [0.3, 0.4) is 0 Å². The number of carbonyl (C=O) groups excluding carboxylic acids is 2. The molecule has 158 valence electrons. The Balaban J connectivity index is 1.75. The molecule has 7 nitrogen and oxygen atoms in total. The molecule has 3 rings (SSSR count). The monoisotopic (exact) mass is 445 g/mol. The molecular weight excluding hydrogens is 422 g/mol. The molecule has 0 radical (unpaired) electrons. The molecule has 0 bridgehead atoms. The Morgan fingerprint density at radius 3 is 2.20 bits per heavy atom. The lowest BCUT2D eigenvalue weighted by Gasteiger charge is -2.13. The normalized spacial score (nSPS) is 18.1. The van der Waals surface area contributed by atoms with Gasteiger partial charge in [0.1, 0.15) is 5.25 Å². The summed E-state index contributed by atoms with van der Waals surface area (Å²) in [4.78, 5) is 26.4. The van der Waals surface area contributed by atoms with Crippen LogP contribution in [-0.4, -0.2) is 42.1 Å². The molecule has 2 amide bonds. The minimum absolute atomic E-state index is 0.0604. The average molecular weight is 446 g/mol. The SMILES string of the molecule is CCN1C(=O)[C@@H](CC(=O)Nc2ccc(C)cc2)SC1=NS(=O)(=O)c1ccc(C)cc1. The Morgan fingerprint density at radius 1 is 1.07 bits per heavy atom. The van der Waals surface area contributed by atoms with Crippen molar-refractivity contribution >= 4 is 44.5 Å². The fraction of sp³-hybridized carbons (Fsp3) is 0.286. The van der Waals surface area contributed by atoms with E-state index in [1.807, 2.05) is 26.0 Å². The number of aryl methyl sites for hydroxylation is 2. The fourth-order valence-corrected chi connectivity index (χ4v) is 5.30. The number of thioether (sulfide) groups is 1. The fourth-order valence-electron chi connectivity index (χ4n) is 2.88. The third-order valence-electron chi connectivity index (χ3n) is 4.56. The second-order valence-electron chi connectivity index (χ2n) is 6.97. The molecule has 0 saturated carbocycles. The Morgan fingerprint density at radius 2 is 1.63 bits per heavy atom. The second kappa shape index (κ2) is 9.01. The zero-order valence-electron chi connectivity index (χ0n) is 17.0. The van der Waals surface area contributed by atoms with Gasteiger partial charge < -0.3 is 5.32 Å². The summed E-state index contributed by atoms with van der Waals surface area (Å²) in [5, 5.41) is 2.14. The smallest absolute Gasteiger partial charge is 0.284 e. The van der Waals surface area contributed by atoms with Crippen molar-refractivity contribution in [2.45, 2.75) is 37.3 Å². The second-order valence-corrected chi connectivity index (χ2v) is 9.74. The molecule has 0 spiro atoms. The van der Waals surface area contributed by atoms with Gasteiger partial charge in [0, 0.05) is 18.7 Å². The number of amidine groups is 1. The van der Waals surface area contributed by atoms with Gasteiger partial charge in [0.25, 0.3) is 10.0 Å². The van der Waals surface area contributed by atoms with E-state index in [2.05, 4.69) is 9.71 Å². The molecule has 1 aliphatic rings. The highest BCUT2D eigenvalue weighted by molar-refractivity contribution is 8.16. The molecule has 2 aromatic rings. The predicted molar refractivity (Wildman–Crippen MR) is 119 cm³/mol. The van der Waals surface area contributed by atoms with Crippen LogP contribution in [0, 0.1) is 13.8 Å². The van der Waals surface area contributed by atoms with Crippen LogP contribution < -0.4 is 5.32 Å². The van der Waals surface area contributed by atoms with E-state index in [1.165, 1.54) is 17.0 Å². The van der Waals surface area contributed by atoms with Crippen molar-refractivity contribution in [2.75, 3.05) is 11.9 Å². The van der Waals surface area contributed by atoms with Crippen molar-refractivity contribution < 1.29 is 18.0 Å². The van der Waals surface area contributed by atoms with Crippen molar-refractivity contribution in [3.05, 3.63) is 59.7 Å². The van der Waals surface area contributed by atoms with Crippen LogP contribution in [0.5, 0.6) is 0 Å². The molecular formula is C21H23N3O4S2. The first-order valence-corrected chi connectivity index (χ1v) is 11.8. The first-order valence-electron chi connectivity index (χ1n) is 9.46. The maximum Gasteiger partial charge on any atom is 0.284 e. The van der Waals surface area contributed by atoms with E-state index in [9.17, 15) is 18.0 Å². The van der Waals surface area contributed by atoms with Crippen molar-refractivity contribution in [1.82, 2.24) is 4.90 Å².